The van der Waals surface area contributed by atoms with Gasteiger partial charge in [0.05, 0.1) is 23.1 Å². The standard InChI is InChI=1S/C20H17BrF4N2O3/c21-11-5-7-15(26-9-11)12-2-1-3-13(17(12)19(29)30)18(28)27-16-6-4-10(8-14(16)22)20(23,24)25/h4-9,12-13,17H,1-3H2,(H,27,28)(H,29,30)/t12-,13-,17-/m1/s1. The fourth-order valence-electron chi connectivity index (χ4n) is 3.79. The summed E-state index contributed by atoms with van der Waals surface area (Å²) in [4.78, 5) is 29.0. The Labute approximate surface area is 177 Å². The summed E-state index contributed by atoms with van der Waals surface area (Å²) in [6.45, 7) is 0. The van der Waals surface area contributed by atoms with Crippen LogP contribution in [-0.2, 0) is 15.8 Å². The summed E-state index contributed by atoms with van der Waals surface area (Å²) in [7, 11) is 0. The van der Waals surface area contributed by atoms with Crippen LogP contribution in [-0.4, -0.2) is 22.0 Å². The molecule has 1 fully saturated rings. The minimum absolute atomic E-state index is 0.262. The number of nitrogens with zero attached hydrogens (tertiary/aromatic N) is 1. The summed E-state index contributed by atoms with van der Waals surface area (Å²) in [5, 5.41) is 12.0. The van der Waals surface area contributed by atoms with Gasteiger partial charge in [0.2, 0.25) is 5.91 Å². The highest BCUT2D eigenvalue weighted by Crippen LogP contribution is 2.42. The maximum atomic E-state index is 14.1. The highest BCUT2D eigenvalue weighted by Gasteiger charge is 2.43. The van der Waals surface area contributed by atoms with Crippen molar-refractivity contribution in [2.24, 2.45) is 11.8 Å². The predicted molar refractivity (Wildman–Crippen MR) is 103 cm³/mol. The third-order valence-corrected chi connectivity index (χ3v) is 5.67. The Hall–Kier alpha value is -2.49. The van der Waals surface area contributed by atoms with E-state index in [1.54, 1.807) is 12.1 Å². The number of aliphatic carboxylic acids is 1. The van der Waals surface area contributed by atoms with Gasteiger partial charge in [-0.25, -0.2) is 4.39 Å². The van der Waals surface area contributed by atoms with Crippen molar-refractivity contribution in [2.75, 3.05) is 5.32 Å². The van der Waals surface area contributed by atoms with E-state index >= 15 is 0 Å². The zero-order valence-electron chi connectivity index (χ0n) is 15.4. The van der Waals surface area contributed by atoms with Gasteiger partial charge in [0.15, 0.2) is 0 Å². The number of pyridine rings is 1. The van der Waals surface area contributed by atoms with Crippen LogP contribution in [0.25, 0.3) is 0 Å². The van der Waals surface area contributed by atoms with Crippen LogP contribution in [0.1, 0.15) is 36.4 Å². The third kappa shape index (κ3) is 4.80. The second-order valence-corrected chi connectivity index (χ2v) is 8.01. The van der Waals surface area contributed by atoms with Crippen molar-refractivity contribution < 1.29 is 32.3 Å². The van der Waals surface area contributed by atoms with Gasteiger partial charge in [-0.1, -0.05) is 6.42 Å². The largest absolute Gasteiger partial charge is 0.481 e. The number of halogens is 5. The molecule has 0 bridgehead atoms. The summed E-state index contributed by atoms with van der Waals surface area (Å²) in [5.74, 6) is -5.76. The average Bonchev–Trinajstić information content (AvgIpc) is 2.68. The molecule has 30 heavy (non-hydrogen) atoms. The molecule has 0 spiro atoms. The van der Waals surface area contributed by atoms with Gasteiger partial charge in [0, 0.05) is 22.3 Å². The SMILES string of the molecule is O=C(O)[C@@H]1[C@@H](c2ccc(Br)cn2)CCC[C@H]1C(=O)Nc1ccc(C(F)(F)F)cc1F. The van der Waals surface area contributed by atoms with E-state index in [1.807, 2.05) is 0 Å². The van der Waals surface area contributed by atoms with Crippen LogP contribution >= 0.6 is 15.9 Å². The van der Waals surface area contributed by atoms with Crippen molar-refractivity contribution in [3.05, 3.63) is 58.1 Å². The molecule has 0 radical (unpaired) electrons. The van der Waals surface area contributed by atoms with E-state index in [-0.39, 0.29) is 6.42 Å². The van der Waals surface area contributed by atoms with Crippen LogP contribution in [0.2, 0.25) is 0 Å². The van der Waals surface area contributed by atoms with Gasteiger partial charge in [-0.05, 0) is 59.1 Å². The molecule has 1 aromatic heterocycles. The molecule has 2 aromatic rings. The third-order valence-electron chi connectivity index (χ3n) is 5.20. The Kier molecular flexibility index (Phi) is 6.44. The lowest BCUT2D eigenvalue weighted by Crippen LogP contribution is -2.40. The quantitative estimate of drug-likeness (QED) is 0.577. The van der Waals surface area contributed by atoms with E-state index in [9.17, 15) is 32.3 Å². The molecule has 0 aliphatic heterocycles. The van der Waals surface area contributed by atoms with E-state index in [2.05, 4.69) is 26.2 Å². The van der Waals surface area contributed by atoms with Crippen LogP contribution in [0.3, 0.4) is 0 Å². The molecular weight excluding hydrogens is 472 g/mol. The number of alkyl halides is 3. The van der Waals surface area contributed by atoms with Crippen molar-refractivity contribution >= 4 is 33.5 Å². The number of hydrogen-bond donors (Lipinski definition) is 2. The first-order valence-corrected chi connectivity index (χ1v) is 9.89. The Bertz CT molecular complexity index is 950. The molecule has 3 atom stereocenters. The molecule has 1 heterocycles. The lowest BCUT2D eigenvalue weighted by atomic mass is 9.70. The topological polar surface area (TPSA) is 79.3 Å². The molecule has 10 heteroatoms. The van der Waals surface area contributed by atoms with E-state index in [4.69, 9.17) is 0 Å². The number of nitrogens with one attached hydrogen (secondary N) is 1. The number of carboxylic acids is 1. The molecule has 5 nitrogen and oxygen atoms in total. The molecule has 0 unspecified atom stereocenters. The normalized spacial score (nSPS) is 21.8. The van der Waals surface area contributed by atoms with Crippen molar-refractivity contribution in [3.63, 3.8) is 0 Å². The number of hydrogen-bond acceptors (Lipinski definition) is 3. The lowest BCUT2D eigenvalue weighted by Gasteiger charge is -2.34. The Balaban J connectivity index is 1.83. The first kappa shape index (κ1) is 22.2. The molecule has 1 aliphatic rings. The summed E-state index contributed by atoms with van der Waals surface area (Å²) < 4.78 is 52.9. The number of amides is 1. The highest BCUT2D eigenvalue weighted by atomic mass is 79.9. The van der Waals surface area contributed by atoms with E-state index in [1.165, 1.54) is 6.20 Å². The molecule has 2 N–H and O–H groups in total. The van der Waals surface area contributed by atoms with Gasteiger partial charge in [-0.2, -0.15) is 13.2 Å². The lowest BCUT2D eigenvalue weighted by molar-refractivity contribution is -0.149. The van der Waals surface area contributed by atoms with Crippen molar-refractivity contribution in [1.29, 1.82) is 0 Å². The highest BCUT2D eigenvalue weighted by molar-refractivity contribution is 9.10. The van der Waals surface area contributed by atoms with Gasteiger partial charge in [0.1, 0.15) is 5.82 Å². The summed E-state index contributed by atoms with van der Waals surface area (Å²) in [5.41, 5.74) is -1.08. The van der Waals surface area contributed by atoms with E-state index < -0.39 is 52.9 Å². The van der Waals surface area contributed by atoms with Gasteiger partial charge >= 0.3 is 12.1 Å². The molecule has 160 valence electrons. The smallest absolute Gasteiger partial charge is 0.416 e. The zero-order valence-corrected chi connectivity index (χ0v) is 17.0. The average molecular weight is 489 g/mol. The van der Waals surface area contributed by atoms with E-state index in [0.717, 1.165) is 10.5 Å². The number of carboxylic acid groups (broad SMARTS) is 1. The van der Waals surface area contributed by atoms with Crippen molar-refractivity contribution in [1.82, 2.24) is 4.98 Å². The first-order valence-electron chi connectivity index (χ1n) is 9.10. The zero-order chi connectivity index (χ0) is 22.1. The number of carbonyl (C=O) groups is 2. The maximum absolute atomic E-state index is 14.1. The van der Waals surface area contributed by atoms with Crippen LogP contribution in [0.15, 0.2) is 41.0 Å². The minimum Gasteiger partial charge on any atom is -0.481 e. The molecule has 1 amide bonds. The van der Waals surface area contributed by atoms with Crippen molar-refractivity contribution in [3.8, 4) is 0 Å². The second-order valence-electron chi connectivity index (χ2n) is 7.09. The summed E-state index contributed by atoms with van der Waals surface area (Å²) >= 11 is 3.26. The monoisotopic (exact) mass is 488 g/mol. The Morgan fingerprint density at radius 1 is 1.17 bits per heavy atom. The van der Waals surface area contributed by atoms with Gasteiger partial charge in [-0.15, -0.1) is 0 Å². The summed E-state index contributed by atoms with van der Waals surface area (Å²) in [6.07, 6.45) is -1.84. The van der Waals surface area contributed by atoms with Crippen LogP contribution in [0.4, 0.5) is 23.2 Å². The van der Waals surface area contributed by atoms with Crippen molar-refractivity contribution in [2.45, 2.75) is 31.4 Å². The van der Waals surface area contributed by atoms with Crippen LogP contribution in [0, 0.1) is 17.7 Å². The minimum atomic E-state index is -4.72. The number of aromatic nitrogens is 1. The van der Waals surface area contributed by atoms with Crippen LogP contribution < -0.4 is 5.32 Å². The fraction of sp³-hybridized carbons (Fsp3) is 0.350. The molecule has 3 rings (SSSR count). The van der Waals surface area contributed by atoms with Crippen LogP contribution in [0.5, 0.6) is 0 Å². The molecule has 1 saturated carbocycles. The maximum Gasteiger partial charge on any atom is 0.416 e. The first-order chi connectivity index (χ1) is 14.1. The molecular formula is C20H17BrF4N2O3. The number of carbonyl (C=O) groups excluding carboxylic acids is 1. The van der Waals surface area contributed by atoms with Gasteiger partial charge in [-0.3, -0.25) is 14.6 Å². The fourth-order valence-corrected chi connectivity index (χ4v) is 4.03. The molecule has 1 aromatic carbocycles. The number of benzene rings is 1. The predicted octanol–water partition coefficient (Wildman–Crippen LogP) is 5.23. The summed E-state index contributed by atoms with van der Waals surface area (Å²) in [6, 6.07) is 5.17. The molecule has 1 aliphatic carbocycles. The van der Waals surface area contributed by atoms with E-state index in [0.29, 0.717) is 30.7 Å². The Morgan fingerprint density at radius 2 is 1.90 bits per heavy atom. The van der Waals surface area contributed by atoms with Gasteiger partial charge < -0.3 is 10.4 Å². The molecule has 0 saturated heterocycles. The number of rotatable bonds is 4. The number of anilines is 1. The Morgan fingerprint density at radius 3 is 2.47 bits per heavy atom. The second kappa shape index (κ2) is 8.71. The van der Waals surface area contributed by atoms with Gasteiger partial charge in [0.25, 0.3) is 0 Å².